The highest BCUT2D eigenvalue weighted by atomic mass is 16.3. The van der Waals surface area contributed by atoms with E-state index in [-0.39, 0.29) is 11.7 Å². The Kier molecular flexibility index (Phi) is 5.14. The second-order valence-corrected chi connectivity index (χ2v) is 7.86. The van der Waals surface area contributed by atoms with Crippen LogP contribution in [0.25, 0.3) is 0 Å². The maximum absolute atomic E-state index is 12.9. The minimum Gasteiger partial charge on any atom is -0.508 e. The van der Waals surface area contributed by atoms with Crippen molar-refractivity contribution in [1.29, 1.82) is 0 Å². The van der Waals surface area contributed by atoms with Gasteiger partial charge in [-0.3, -0.25) is 9.69 Å². The average Bonchev–Trinajstić information content (AvgIpc) is 3.36. The van der Waals surface area contributed by atoms with Crippen LogP contribution in [-0.4, -0.2) is 53.0 Å². The summed E-state index contributed by atoms with van der Waals surface area (Å²) in [6.07, 6.45) is 3.76. The van der Waals surface area contributed by atoms with Crippen molar-refractivity contribution in [3.8, 4) is 5.75 Å². The standard InChI is InChI=1S/C20H30N2O2/c1-14(2)18-13-22(10-4-9-21(18)12-16-6-7-16)20(24)17-8-5-15(3)19(23)11-17/h5,8,11,14,16,18,23H,4,6-7,9-10,12-13H2,1-3H3. The smallest absolute Gasteiger partial charge is 0.254 e. The molecule has 1 aliphatic carbocycles. The van der Waals surface area contributed by atoms with Crippen molar-refractivity contribution in [3.05, 3.63) is 29.3 Å². The normalized spacial score (nSPS) is 22.7. The first-order chi connectivity index (χ1) is 11.5. The van der Waals surface area contributed by atoms with E-state index >= 15 is 0 Å². The third kappa shape index (κ3) is 3.92. The summed E-state index contributed by atoms with van der Waals surface area (Å²) in [6, 6.07) is 5.68. The van der Waals surface area contributed by atoms with Gasteiger partial charge >= 0.3 is 0 Å². The average molecular weight is 330 g/mol. The number of hydrogen-bond acceptors (Lipinski definition) is 3. The Bertz CT molecular complexity index is 595. The van der Waals surface area contributed by atoms with E-state index in [1.165, 1.54) is 19.4 Å². The molecule has 1 aromatic carbocycles. The van der Waals surface area contributed by atoms with Gasteiger partial charge in [0.2, 0.25) is 0 Å². The molecule has 1 aliphatic heterocycles. The lowest BCUT2D eigenvalue weighted by Gasteiger charge is -2.34. The fraction of sp³-hybridized carbons (Fsp3) is 0.650. The lowest BCUT2D eigenvalue weighted by Crippen LogP contribution is -2.46. The monoisotopic (exact) mass is 330 g/mol. The van der Waals surface area contributed by atoms with Gasteiger partial charge in [-0.1, -0.05) is 19.9 Å². The maximum atomic E-state index is 12.9. The number of carbonyl (C=O) groups excluding carboxylic acids is 1. The van der Waals surface area contributed by atoms with Crippen molar-refractivity contribution in [2.45, 2.75) is 46.1 Å². The first-order valence-corrected chi connectivity index (χ1v) is 9.28. The van der Waals surface area contributed by atoms with Crippen LogP contribution in [0.5, 0.6) is 5.75 Å². The van der Waals surface area contributed by atoms with E-state index in [2.05, 4.69) is 18.7 Å². The van der Waals surface area contributed by atoms with Crippen LogP contribution in [0.2, 0.25) is 0 Å². The van der Waals surface area contributed by atoms with Gasteiger partial charge in [0.05, 0.1) is 0 Å². The summed E-state index contributed by atoms with van der Waals surface area (Å²) in [7, 11) is 0. The molecule has 1 saturated carbocycles. The largest absolute Gasteiger partial charge is 0.508 e. The van der Waals surface area contributed by atoms with Gasteiger partial charge in [-0.15, -0.1) is 0 Å². The molecule has 1 atom stereocenters. The number of phenolic OH excluding ortho intramolecular Hbond substituents is 1. The predicted molar refractivity (Wildman–Crippen MR) is 96.3 cm³/mol. The van der Waals surface area contributed by atoms with Gasteiger partial charge in [0.1, 0.15) is 5.75 Å². The summed E-state index contributed by atoms with van der Waals surface area (Å²) in [4.78, 5) is 17.5. The molecule has 1 N–H and O–H groups in total. The highest BCUT2D eigenvalue weighted by Crippen LogP contribution is 2.32. The molecule has 1 heterocycles. The van der Waals surface area contributed by atoms with E-state index in [0.717, 1.165) is 37.5 Å². The summed E-state index contributed by atoms with van der Waals surface area (Å²) in [5, 5.41) is 9.91. The van der Waals surface area contributed by atoms with Gasteiger partial charge in [0, 0.05) is 37.8 Å². The number of phenols is 1. The van der Waals surface area contributed by atoms with E-state index in [4.69, 9.17) is 0 Å². The summed E-state index contributed by atoms with van der Waals surface area (Å²) in [5.41, 5.74) is 1.40. The number of aromatic hydroxyl groups is 1. The third-order valence-electron chi connectivity index (χ3n) is 5.45. The molecule has 4 nitrogen and oxygen atoms in total. The summed E-state index contributed by atoms with van der Waals surface area (Å²) >= 11 is 0. The van der Waals surface area contributed by atoms with E-state index < -0.39 is 0 Å². The Hall–Kier alpha value is -1.55. The van der Waals surface area contributed by atoms with E-state index in [0.29, 0.717) is 17.5 Å². The molecular weight excluding hydrogens is 300 g/mol. The van der Waals surface area contributed by atoms with Crippen LogP contribution in [0.4, 0.5) is 0 Å². The molecule has 132 valence electrons. The Balaban J connectivity index is 1.74. The molecule has 0 aromatic heterocycles. The zero-order chi connectivity index (χ0) is 17.3. The third-order valence-corrected chi connectivity index (χ3v) is 5.45. The van der Waals surface area contributed by atoms with Crippen molar-refractivity contribution < 1.29 is 9.90 Å². The number of rotatable bonds is 4. The summed E-state index contributed by atoms with van der Waals surface area (Å²) < 4.78 is 0. The number of nitrogens with zero attached hydrogens (tertiary/aromatic N) is 2. The summed E-state index contributed by atoms with van der Waals surface area (Å²) in [6.45, 7) is 10.2. The Labute approximate surface area is 145 Å². The molecule has 1 aromatic rings. The Morgan fingerprint density at radius 1 is 1.29 bits per heavy atom. The molecule has 2 aliphatic rings. The molecule has 0 bridgehead atoms. The van der Waals surface area contributed by atoms with Crippen LogP contribution in [-0.2, 0) is 0 Å². The van der Waals surface area contributed by atoms with Crippen LogP contribution in [0, 0.1) is 18.8 Å². The molecule has 2 fully saturated rings. The minimum absolute atomic E-state index is 0.0456. The lowest BCUT2D eigenvalue weighted by molar-refractivity contribution is 0.0704. The molecule has 1 unspecified atom stereocenters. The van der Waals surface area contributed by atoms with Gasteiger partial charge < -0.3 is 10.0 Å². The SMILES string of the molecule is Cc1ccc(C(=O)N2CCCN(CC3CC3)C(C(C)C)C2)cc1O. The molecule has 1 saturated heterocycles. The van der Waals surface area contributed by atoms with Crippen molar-refractivity contribution in [1.82, 2.24) is 9.80 Å². The lowest BCUT2D eigenvalue weighted by atomic mass is 10.0. The number of hydrogen-bond donors (Lipinski definition) is 1. The molecule has 0 radical (unpaired) electrons. The van der Waals surface area contributed by atoms with Crippen molar-refractivity contribution >= 4 is 5.91 Å². The van der Waals surface area contributed by atoms with Crippen LogP contribution >= 0.6 is 0 Å². The molecule has 4 heteroatoms. The number of benzene rings is 1. The highest BCUT2D eigenvalue weighted by molar-refractivity contribution is 5.94. The topological polar surface area (TPSA) is 43.8 Å². The maximum Gasteiger partial charge on any atom is 0.254 e. The number of amides is 1. The van der Waals surface area contributed by atoms with E-state index in [9.17, 15) is 9.90 Å². The quantitative estimate of drug-likeness (QED) is 0.921. The number of carbonyl (C=O) groups is 1. The van der Waals surface area contributed by atoms with Gasteiger partial charge in [-0.25, -0.2) is 0 Å². The van der Waals surface area contributed by atoms with Crippen molar-refractivity contribution in [3.63, 3.8) is 0 Å². The van der Waals surface area contributed by atoms with Crippen LogP contribution in [0.15, 0.2) is 18.2 Å². The van der Waals surface area contributed by atoms with Gasteiger partial charge in [-0.05, 0) is 55.7 Å². The second kappa shape index (κ2) is 7.14. The van der Waals surface area contributed by atoms with Gasteiger partial charge in [0.15, 0.2) is 0 Å². The predicted octanol–water partition coefficient (Wildman–Crippen LogP) is 3.28. The van der Waals surface area contributed by atoms with E-state index in [1.54, 1.807) is 6.07 Å². The molecular formula is C20H30N2O2. The highest BCUT2D eigenvalue weighted by Gasteiger charge is 2.33. The van der Waals surface area contributed by atoms with Crippen molar-refractivity contribution in [2.24, 2.45) is 11.8 Å². The summed E-state index contributed by atoms with van der Waals surface area (Å²) in [5.74, 6) is 1.65. The first kappa shape index (κ1) is 17.3. The van der Waals surface area contributed by atoms with E-state index in [1.807, 2.05) is 24.0 Å². The fourth-order valence-corrected chi connectivity index (χ4v) is 3.66. The zero-order valence-corrected chi connectivity index (χ0v) is 15.2. The first-order valence-electron chi connectivity index (χ1n) is 9.28. The van der Waals surface area contributed by atoms with Crippen LogP contribution in [0.3, 0.4) is 0 Å². The minimum atomic E-state index is 0.0456. The van der Waals surface area contributed by atoms with Crippen molar-refractivity contribution in [2.75, 3.05) is 26.2 Å². The molecule has 24 heavy (non-hydrogen) atoms. The molecule has 1 amide bonds. The number of aryl methyl sites for hydroxylation is 1. The van der Waals surface area contributed by atoms with Gasteiger partial charge in [-0.2, -0.15) is 0 Å². The van der Waals surface area contributed by atoms with Crippen LogP contribution < -0.4 is 0 Å². The van der Waals surface area contributed by atoms with Crippen LogP contribution in [0.1, 0.15) is 49.0 Å². The zero-order valence-electron chi connectivity index (χ0n) is 15.2. The molecule has 3 rings (SSSR count). The Morgan fingerprint density at radius 2 is 2.04 bits per heavy atom. The fourth-order valence-electron chi connectivity index (χ4n) is 3.66. The Morgan fingerprint density at radius 3 is 2.67 bits per heavy atom. The second-order valence-electron chi connectivity index (χ2n) is 7.86. The van der Waals surface area contributed by atoms with Gasteiger partial charge in [0.25, 0.3) is 5.91 Å². The molecule has 0 spiro atoms.